The molecule has 0 saturated carbocycles. The lowest BCUT2D eigenvalue weighted by molar-refractivity contribution is 0.0947. The monoisotopic (exact) mass is 400 g/mol. The highest BCUT2D eigenvalue weighted by Gasteiger charge is 2.10. The van der Waals surface area contributed by atoms with Gasteiger partial charge in [-0.05, 0) is 88.1 Å². The number of carbonyl (C=O) groups is 2. The van der Waals surface area contributed by atoms with Crippen LogP contribution in [-0.4, -0.2) is 37.1 Å². The summed E-state index contributed by atoms with van der Waals surface area (Å²) < 4.78 is 5.24. The molecule has 0 unspecified atom stereocenters. The second-order valence-electron chi connectivity index (χ2n) is 6.82. The van der Waals surface area contributed by atoms with Gasteiger partial charge in [0, 0.05) is 24.2 Å². The van der Waals surface area contributed by atoms with Crippen LogP contribution >= 0.6 is 0 Å². The second-order valence-corrected chi connectivity index (χ2v) is 6.82. The lowest BCUT2D eigenvalue weighted by Gasteiger charge is -2.10. The van der Waals surface area contributed by atoms with Crippen LogP contribution < -0.4 is 15.4 Å². The van der Waals surface area contributed by atoms with E-state index in [9.17, 15) is 14.7 Å². The van der Waals surface area contributed by atoms with Gasteiger partial charge in [0.25, 0.3) is 11.8 Å². The minimum atomic E-state index is -0.0984. The van der Waals surface area contributed by atoms with Gasteiger partial charge in [-0.3, -0.25) is 9.59 Å². The van der Waals surface area contributed by atoms with Gasteiger partial charge in [-0.15, -0.1) is 0 Å². The standard InChI is InChI=1S/C12H17NO2.C11H15NO2/c1-5-13-12(14)10-6-8(2)11(15-4)9(3)7-10;1-4-12-11(14)9-5-7(2)10(13)8(3)6-9/h6-7H,5H2,1-4H3,(H,13,14);5-6,13H,4H2,1-3H3,(H,12,14). The first-order valence-corrected chi connectivity index (χ1v) is 9.67. The van der Waals surface area contributed by atoms with Crippen molar-refractivity contribution in [1.29, 1.82) is 0 Å². The molecule has 0 radical (unpaired) electrons. The van der Waals surface area contributed by atoms with Crippen LogP contribution in [0.4, 0.5) is 0 Å². The van der Waals surface area contributed by atoms with Gasteiger partial charge >= 0.3 is 0 Å². The Bertz CT molecular complexity index is 829. The maximum atomic E-state index is 11.6. The summed E-state index contributed by atoms with van der Waals surface area (Å²) in [7, 11) is 1.64. The maximum Gasteiger partial charge on any atom is 0.251 e. The zero-order valence-electron chi connectivity index (χ0n) is 18.4. The summed E-state index contributed by atoms with van der Waals surface area (Å²) in [6.45, 7) is 12.5. The number of carbonyl (C=O) groups excluding carboxylic acids is 2. The van der Waals surface area contributed by atoms with Crippen molar-refractivity contribution < 1.29 is 19.4 Å². The first kappa shape index (κ1) is 24.0. The molecule has 0 bridgehead atoms. The van der Waals surface area contributed by atoms with Crippen molar-refractivity contribution in [3.05, 3.63) is 57.6 Å². The summed E-state index contributed by atoms with van der Waals surface area (Å²) in [5.41, 5.74) is 4.71. The maximum absolute atomic E-state index is 11.6. The summed E-state index contributed by atoms with van der Waals surface area (Å²) in [5.74, 6) is 0.978. The van der Waals surface area contributed by atoms with Gasteiger partial charge in [0.1, 0.15) is 11.5 Å². The Labute approximate surface area is 173 Å². The fraction of sp³-hybridized carbons (Fsp3) is 0.391. The van der Waals surface area contributed by atoms with E-state index in [0.717, 1.165) is 28.0 Å². The van der Waals surface area contributed by atoms with Crippen LogP contribution in [0.2, 0.25) is 0 Å². The lowest BCUT2D eigenvalue weighted by atomic mass is 10.1. The number of aromatic hydroxyl groups is 1. The van der Waals surface area contributed by atoms with Crippen LogP contribution in [0.1, 0.15) is 56.8 Å². The van der Waals surface area contributed by atoms with Crippen molar-refractivity contribution in [3.63, 3.8) is 0 Å². The molecule has 2 amide bonds. The van der Waals surface area contributed by atoms with Gasteiger partial charge < -0.3 is 20.5 Å². The number of hydrogen-bond donors (Lipinski definition) is 3. The molecular formula is C23H32N2O4. The highest BCUT2D eigenvalue weighted by molar-refractivity contribution is 5.95. The highest BCUT2D eigenvalue weighted by atomic mass is 16.5. The largest absolute Gasteiger partial charge is 0.507 e. The van der Waals surface area contributed by atoms with E-state index in [0.29, 0.717) is 24.2 Å². The molecule has 0 heterocycles. The van der Waals surface area contributed by atoms with Crippen molar-refractivity contribution >= 4 is 11.8 Å². The fourth-order valence-corrected chi connectivity index (χ4v) is 3.02. The lowest BCUT2D eigenvalue weighted by Crippen LogP contribution is -2.22. The van der Waals surface area contributed by atoms with Gasteiger partial charge in [-0.25, -0.2) is 0 Å². The Balaban J connectivity index is 0.000000291. The zero-order valence-corrected chi connectivity index (χ0v) is 18.4. The highest BCUT2D eigenvalue weighted by Crippen LogP contribution is 2.24. The Hall–Kier alpha value is -3.02. The number of ether oxygens (including phenoxy) is 1. The summed E-state index contributed by atoms with van der Waals surface area (Å²) in [5, 5.41) is 15.0. The van der Waals surface area contributed by atoms with Crippen molar-refractivity contribution in [3.8, 4) is 11.5 Å². The third-order valence-electron chi connectivity index (χ3n) is 4.35. The molecule has 0 spiro atoms. The van der Waals surface area contributed by atoms with Crippen LogP contribution in [-0.2, 0) is 0 Å². The number of phenolic OH excluding ortho intramolecular Hbond substituents is 1. The summed E-state index contributed by atoms with van der Waals surface area (Å²) in [4.78, 5) is 23.1. The molecule has 6 nitrogen and oxygen atoms in total. The summed E-state index contributed by atoms with van der Waals surface area (Å²) >= 11 is 0. The second kappa shape index (κ2) is 11.1. The predicted octanol–water partition coefficient (Wildman–Crippen LogP) is 3.82. The number of aryl methyl sites for hydroxylation is 4. The van der Waals surface area contributed by atoms with E-state index in [1.807, 2.05) is 39.8 Å². The quantitative estimate of drug-likeness (QED) is 0.712. The molecule has 0 fully saturated rings. The number of benzene rings is 2. The Morgan fingerprint density at radius 2 is 1.14 bits per heavy atom. The van der Waals surface area contributed by atoms with Crippen molar-refractivity contribution in [1.82, 2.24) is 10.6 Å². The molecule has 0 saturated heterocycles. The van der Waals surface area contributed by atoms with Gasteiger partial charge in [0.05, 0.1) is 7.11 Å². The molecule has 158 valence electrons. The number of phenols is 1. The van der Waals surface area contributed by atoms with E-state index in [-0.39, 0.29) is 17.6 Å². The van der Waals surface area contributed by atoms with Crippen LogP contribution in [0.25, 0.3) is 0 Å². The topological polar surface area (TPSA) is 87.7 Å². The first-order chi connectivity index (χ1) is 13.7. The SMILES string of the molecule is CCNC(=O)c1cc(C)c(O)c(C)c1.CCNC(=O)c1cc(C)c(OC)c(C)c1. The zero-order chi connectivity index (χ0) is 22.1. The van der Waals surface area contributed by atoms with E-state index in [1.165, 1.54) is 0 Å². The normalized spacial score (nSPS) is 9.90. The molecule has 3 N–H and O–H groups in total. The summed E-state index contributed by atoms with van der Waals surface area (Å²) in [6, 6.07) is 7.06. The Morgan fingerprint density at radius 3 is 1.45 bits per heavy atom. The average molecular weight is 401 g/mol. The third-order valence-corrected chi connectivity index (χ3v) is 4.35. The van der Waals surface area contributed by atoms with Gasteiger partial charge in [-0.2, -0.15) is 0 Å². The Morgan fingerprint density at radius 1 is 0.793 bits per heavy atom. The fourth-order valence-electron chi connectivity index (χ4n) is 3.02. The Kier molecular flexibility index (Phi) is 9.19. The minimum absolute atomic E-state index is 0.0358. The number of methoxy groups -OCH3 is 1. The molecule has 2 aromatic carbocycles. The van der Waals surface area contributed by atoms with Gasteiger partial charge in [0.2, 0.25) is 0 Å². The van der Waals surface area contributed by atoms with E-state index in [1.54, 1.807) is 33.1 Å². The van der Waals surface area contributed by atoms with Crippen LogP contribution in [0, 0.1) is 27.7 Å². The first-order valence-electron chi connectivity index (χ1n) is 9.67. The van der Waals surface area contributed by atoms with Crippen LogP contribution in [0.5, 0.6) is 11.5 Å². The van der Waals surface area contributed by atoms with Crippen molar-refractivity contribution in [2.24, 2.45) is 0 Å². The third kappa shape index (κ3) is 6.52. The number of amides is 2. The molecule has 0 aromatic heterocycles. The van der Waals surface area contributed by atoms with E-state index >= 15 is 0 Å². The summed E-state index contributed by atoms with van der Waals surface area (Å²) in [6.07, 6.45) is 0. The molecule has 2 aromatic rings. The van der Waals surface area contributed by atoms with Crippen LogP contribution in [0.3, 0.4) is 0 Å². The molecule has 0 aliphatic rings. The van der Waals surface area contributed by atoms with Crippen molar-refractivity contribution in [2.45, 2.75) is 41.5 Å². The van der Waals surface area contributed by atoms with Crippen molar-refractivity contribution in [2.75, 3.05) is 20.2 Å². The molecule has 29 heavy (non-hydrogen) atoms. The minimum Gasteiger partial charge on any atom is -0.507 e. The number of nitrogens with one attached hydrogen (secondary N) is 2. The van der Waals surface area contributed by atoms with Gasteiger partial charge in [-0.1, -0.05) is 0 Å². The molecular weight excluding hydrogens is 368 g/mol. The molecule has 2 rings (SSSR count). The number of rotatable bonds is 5. The average Bonchev–Trinajstić information content (AvgIpc) is 2.66. The molecule has 6 heteroatoms. The van der Waals surface area contributed by atoms with E-state index in [4.69, 9.17) is 4.74 Å². The van der Waals surface area contributed by atoms with E-state index in [2.05, 4.69) is 10.6 Å². The smallest absolute Gasteiger partial charge is 0.251 e. The van der Waals surface area contributed by atoms with E-state index < -0.39 is 0 Å². The molecule has 0 aliphatic heterocycles. The molecule has 0 aliphatic carbocycles. The number of hydrogen-bond acceptors (Lipinski definition) is 4. The van der Waals surface area contributed by atoms with Crippen LogP contribution in [0.15, 0.2) is 24.3 Å². The van der Waals surface area contributed by atoms with Gasteiger partial charge in [0.15, 0.2) is 0 Å². The molecule has 0 atom stereocenters. The predicted molar refractivity (Wildman–Crippen MR) is 116 cm³/mol.